The number of nitrogens with two attached hydrogens (primary N) is 1. The molecular formula is C17H31N5. The minimum Gasteiger partial charge on any atom is -0.327 e. The Labute approximate surface area is 134 Å². The van der Waals surface area contributed by atoms with Crippen LogP contribution < -0.4 is 5.73 Å². The van der Waals surface area contributed by atoms with E-state index in [1.54, 1.807) is 0 Å². The monoisotopic (exact) mass is 305 g/mol. The van der Waals surface area contributed by atoms with E-state index in [4.69, 9.17) is 5.73 Å². The van der Waals surface area contributed by atoms with E-state index in [0.717, 1.165) is 5.82 Å². The van der Waals surface area contributed by atoms with E-state index in [2.05, 4.69) is 34.1 Å². The van der Waals surface area contributed by atoms with Crippen LogP contribution in [0.2, 0.25) is 0 Å². The summed E-state index contributed by atoms with van der Waals surface area (Å²) >= 11 is 0. The molecule has 1 heterocycles. The first-order valence-corrected chi connectivity index (χ1v) is 9.22. The van der Waals surface area contributed by atoms with Crippen molar-refractivity contribution in [3.63, 3.8) is 0 Å². The lowest BCUT2D eigenvalue weighted by molar-refractivity contribution is 0.238. The molecule has 22 heavy (non-hydrogen) atoms. The van der Waals surface area contributed by atoms with Gasteiger partial charge in [-0.25, -0.2) is 4.68 Å². The van der Waals surface area contributed by atoms with Crippen LogP contribution >= 0.6 is 0 Å². The average Bonchev–Trinajstić information content (AvgIpc) is 3.18. The Morgan fingerprint density at radius 1 is 1.00 bits per heavy atom. The highest BCUT2D eigenvalue weighted by molar-refractivity contribution is 5.04. The molecule has 2 atom stereocenters. The van der Waals surface area contributed by atoms with E-state index >= 15 is 0 Å². The Hall–Kier alpha value is -0.970. The van der Waals surface area contributed by atoms with E-state index in [0.29, 0.717) is 17.9 Å². The maximum Gasteiger partial charge on any atom is 0.156 e. The molecule has 2 unspecified atom stereocenters. The minimum atomic E-state index is 0.187. The molecular weight excluding hydrogens is 274 g/mol. The Morgan fingerprint density at radius 3 is 2.27 bits per heavy atom. The molecule has 5 heteroatoms. The third-order valence-corrected chi connectivity index (χ3v) is 5.81. The maximum atomic E-state index is 6.74. The molecule has 1 aromatic heterocycles. The van der Waals surface area contributed by atoms with Crippen LogP contribution in [-0.4, -0.2) is 26.2 Å². The van der Waals surface area contributed by atoms with Gasteiger partial charge in [-0.2, -0.15) is 0 Å². The molecule has 0 saturated heterocycles. The van der Waals surface area contributed by atoms with Crippen LogP contribution in [-0.2, 0) is 0 Å². The molecule has 0 radical (unpaired) electrons. The molecule has 0 aromatic carbocycles. The zero-order chi connectivity index (χ0) is 15.5. The summed E-state index contributed by atoms with van der Waals surface area (Å²) in [6.45, 7) is 4.53. The van der Waals surface area contributed by atoms with Gasteiger partial charge in [0, 0.05) is 12.0 Å². The Balaban J connectivity index is 1.83. The topological polar surface area (TPSA) is 69.6 Å². The molecule has 2 aliphatic rings. The van der Waals surface area contributed by atoms with Gasteiger partial charge in [-0.05, 0) is 47.9 Å². The van der Waals surface area contributed by atoms with Gasteiger partial charge in [0.25, 0.3) is 0 Å². The lowest BCUT2D eigenvalue weighted by Crippen LogP contribution is -2.41. The zero-order valence-corrected chi connectivity index (χ0v) is 14.1. The van der Waals surface area contributed by atoms with Crippen molar-refractivity contribution < 1.29 is 0 Å². The zero-order valence-electron chi connectivity index (χ0n) is 14.1. The van der Waals surface area contributed by atoms with Crippen molar-refractivity contribution in [2.45, 2.75) is 89.6 Å². The van der Waals surface area contributed by atoms with Gasteiger partial charge in [-0.1, -0.05) is 46.0 Å². The van der Waals surface area contributed by atoms with Crippen molar-refractivity contribution in [3.05, 3.63) is 5.82 Å². The van der Waals surface area contributed by atoms with Crippen LogP contribution in [0.3, 0.4) is 0 Å². The standard InChI is InChI=1S/C17H31N5/c1-12(2)15(16(18)13-8-4-3-5-9-13)17-19-20-21-22(17)14-10-6-7-11-14/h12-16H,3-11,18H2,1-2H3. The third kappa shape index (κ3) is 3.19. The number of tetrazole rings is 1. The first-order valence-electron chi connectivity index (χ1n) is 9.22. The van der Waals surface area contributed by atoms with Gasteiger partial charge in [0.05, 0.1) is 6.04 Å². The molecule has 2 fully saturated rings. The van der Waals surface area contributed by atoms with Gasteiger partial charge < -0.3 is 5.73 Å². The second-order valence-corrected chi connectivity index (χ2v) is 7.67. The van der Waals surface area contributed by atoms with Gasteiger partial charge >= 0.3 is 0 Å². The largest absolute Gasteiger partial charge is 0.327 e. The van der Waals surface area contributed by atoms with E-state index in [-0.39, 0.29) is 12.0 Å². The van der Waals surface area contributed by atoms with Gasteiger partial charge in [0.2, 0.25) is 0 Å². The summed E-state index contributed by atoms with van der Waals surface area (Å²) in [6.07, 6.45) is 11.6. The summed E-state index contributed by atoms with van der Waals surface area (Å²) < 4.78 is 2.11. The van der Waals surface area contributed by atoms with E-state index in [9.17, 15) is 0 Å². The number of aromatic nitrogens is 4. The molecule has 0 amide bonds. The second kappa shape index (κ2) is 7.07. The smallest absolute Gasteiger partial charge is 0.156 e. The SMILES string of the molecule is CC(C)C(c1nnnn1C1CCCC1)C(N)C1CCCCC1. The summed E-state index contributed by atoms with van der Waals surface area (Å²) in [7, 11) is 0. The molecule has 5 nitrogen and oxygen atoms in total. The van der Waals surface area contributed by atoms with Crippen molar-refractivity contribution in [1.82, 2.24) is 20.2 Å². The van der Waals surface area contributed by atoms with Crippen LogP contribution in [0.15, 0.2) is 0 Å². The third-order valence-electron chi connectivity index (χ3n) is 5.81. The number of hydrogen-bond acceptors (Lipinski definition) is 4. The minimum absolute atomic E-state index is 0.187. The number of nitrogens with zero attached hydrogens (tertiary/aromatic N) is 4. The van der Waals surface area contributed by atoms with Crippen molar-refractivity contribution in [1.29, 1.82) is 0 Å². The highest BCUT2D eigenvalue weighted by Gasteiger charge is 2.35. The highest BCUT2D eigenvalue weighted by atomic mass is 15.6. The molecule has 2 saturated carbocycles. The summed E-state index contributed by atoms with van der Waals surface area (Å²) in [5, 5.41) is 12.8. The van der Waals surface area contributed by atoms with Crippen molar-refractivity contribution in [3.8, 4) is 0 Å². The normalized spacial score (nSPS) is 24.0. The summed E-state index contributed by atoms with van der Waals surface area (Å²) in [5.41, 5.74) is 6.74. The van der Waals surface area contributed by atoms with Crippen LogP contribution in [0.25, 0.3) is 0 Å². The highest BCUT2D eigenvalue weighted by Crippen LogP contribution is 2.37. The molecule has 2 N–H and O–H groups in total. The van der Waals surface area contributed by atoms with E-state index < -0.39 is 0 Å². The predicted octanol–water partition coefficient (Wildman–Crippen LogP) is 3.44. The molecule has 0 spiro atoms. The van der Waals surface area contributed by atoms with Gasteiger partial charge in [-0.15, -0.1) is 5.10 Å². The van der Waals surface area contributed by atoms with E-state index in [1.165, 1.54) is 57.8 Å². The second-order valence-electron chi connectivity index (χ2n) is 7.67. The maximum absolute atomic E-state index is 6.74. The molecule has 124 valence electrons. The average molecular weight is 305 g/mol. The molecule has 0 aliphatic heterocycles. The Morgan fingerprint density at radius 2 is 1.64 bits per heavy atom. The van der Waals surface area contributed by atoms with Crippen molar-refractivity contribution in [2.24, 2.45) is 17.6 Å². The molecule has 3 rings (SSSR count). The molecule has 0 bridgehead atoms. The van der Waals surface area contributed by atoms with Gasteiger partial charge in [0.15, 0.2) is 5.82 Å². The first-order chi connectivity index (χ1) is 10.7. The van der Waals surface area contributed by atoms with Crippen LogP contribution in [0, 0.1) is 11.8 Å². The predicted molar refractivity (Wildman–Crippen MR) is 87.5 cm³/mol. The number of hydrogen-bond donors (Lipinski definition) is 1. The summed E-state index contributed by atoms with van der Waals surface area (Å²) in [5.74, 6) is 2.43. The van der Waals surface area contributed by atoms with Crippen molar-refractivity contribution in [2.75, 3.05) is 0 Å². The first kappa shape index (κ1) is 15.9. The quantitative estimate of drug-likeness (QED) is 0.904. The van der Waals surface area contributed by atoms with Crippen molar-refractivity contribution >= 4 is 0 Å². The Bertz CT molecular complexity index is 457. The molecule has 2 aliphatic carbocycles. The fourth-order valence-electron chi connectivity index (χ4n) is 4.56. The fourth-order valence-corrected chi connectivity index (χ4v) is 4.56. The van der Waals surface area contributed by atoms with E-state index in [1.807, 2.05) is 0 Å². The fraction of sp³-hybridized carbons (Fsp3) is 0.941. The van der Waals surface area contributed by atoms with Crippen LogP contribution in [0.4, 0.5) is 0 Å². The van der Waals surface area contributed by atoms with Gasteiger partial charge in [0.1, 0.15) is 0 Å². The summed E-state index contributed by atoms with van der Waals surface area (Å²) in [6, 6.07) is 0.677. The number of rotatable bonds is 5. The lowest BCUT2D eigenvalue weighted by atomic mass is 9.75. The summed E-state index contributed by atoms with van der Waals surface area (Å²) in [4.78, 5) is 0. The van der Waals surface area contributed by atoms with Gasteiger partial charge in [-0.3, -0.25) is 0 Å². The molecule has 1 aromatic rings. The lowest BCUT2D eigenvalue weighted by Gasteiger charge is -2.35. The van der Waals surface area contributed by atoms with Crippen LogP contribution in [0.5, 0.6) is 0 Å². The Kier molecular flexibility index (Phi) is 5.11. The van der Waals surface area contributed by atoms with Crippen LogP contribution in [0.1, 0.15) is 89.4 Å².